The molecule has 2 aliphatic heterocycles. The maximum atomic E-state index is 13.4. The SMILES string of the molecule is Cc1cc(C2CN(C(=O)OC(C)(C)C)C2)cc2c1OCc1c(Cl)ccnc1N2C(=O)OC(C)(C)C. The van der Waals surface area contributed by atoms with Gasteiger partial charge in [-0.25, -0.2) is 19.5 Å². The fraction of sp³-hybridized carbons (Fsp3) is 0.500. The molecule has 2 aliphatic rings. The number of anilines is 2. The molecule has 8 nitrogen and oxygen atoms in total. The summed E-state index contributed by atoms with van der Waals surface area (Å²) in [6.07, 6.45) is 0.665. The molecule has 4 rings (SSSR count). The van der Waals surface area contributed by atoms with Crippen molar-refractivity contribution < 1.29 is 23.8 Å². The first-order chi connectivity index (χ1) is 16.2. The molecule has 9 heteroatoms. The molecule has 2 aromatic rings. The van der Waals surface area contributed by atoms with Crippen LogP contribution >= 0.6 is 11.6 Å². The Bertz CT molecular complexity index is 1160. The van der Waals surface area contributed by atoms with Gasteiger partial charge in [-0.15, -0.1) is 0 Å². The number of fused-ring (bicyclic) bond motifs is 2. The van der Waals surface area contributed by atoms with Gasteiger partial charge in [0.15, 0.2) is 5.82 Å². The van der Waals surface area contributed by atoms with Crippen LogP contribution in [0.2, 0.25) is 5.02 Å². The van der Waals surface area contributed by atoms with Gasteiger partial charge in [0.1, 0.15) is 23.6 Å². The van der Waals surface area contributed by atoms with E-state index in [2.05, 4.69) is 4.98 Å². The topological polar surface area (TPSA) is 81.2 Å². The number of ether oxygens (including phenoxy) is 3. The zero-order valence-electron chi connectivity index (χ0n) is 21.3. The highest BCUT2D eigenvalue weighted by Crippen LogP contribution is 2.45. The number of likely N-dealkylation sites (tertiary alicyclic amines) is 1. The lowest BCUT2D eigenvalue weighted by Crippen LogP contribution is -2.50. The van der Waals surface area contributed by atoms with Gasteiger partial charge < -0.3 is 19.1 Å². The van der Waals surface area contributed by atoms with Gasteiger partial charge in [0.25, 0.3) is 0 Å². The third-order valence-electron chi connectivity index (χ3n) is 5.65. The van der Waals surface area contributed by atoms with Gasteiger partial charge in [0.05, 0.1) is 16.3 Å². The molecule has 0 unspecified atom stereocenters. The molecule has 35 heavy (non-hydrogen) atoms. The minimum absolute atomic E-state index is 0.0991. The van der Waals surface area contributed by atoms with Gasteiger partial charge >= 0.3 is 12.2 Å². The summed E-state index contributed by atoms with van der Waals surface area (Å²) in [5.41, 5.74) is 1.75. The number of amides is 2. The maximum absolute atomic E-state index is 13.4. The van der Waals surface area contributed by atoms with Crippen LogP contribution in [-0.2, 0) is 16.1 Å². The van der Waals surface area contributed by atoms with E-state index in [1.54, 1.807) is 17.2 Å². The second-order valence-electron chi connectivity index (χ2n) is 11.0. The van der Waals surface area contributed by atoms with E-state index in [9.17, 15) is 9.59 Å². The molecular formula is C26H32ClN3O5. The van der Waals surface area contributed by atoms with E-state index in [-0.39, 0.29) is 18.6 Å². The number of hydrogen-bond donors (Lipinski definition) is 0. The van der Waals surface area contributed by atoms with Crippen LogP contribution in [0.15, 0.2) is 24.4 Å². The molecule has 1 saturated heterocycles. The summed E-state index contributed by atoms with van der Waals surface area (Å²) in [6.45, 7) is 14.1. The van der Waals surface area contributed by atoms with Crippen LogP contribution in [0.3, 0.4) is 0 Å². The number of aryl methyl sites for hydroxylation is 1. The van der Waals surface area contributed by atoms with Crippen molar-refractivity contribution in [3.8, 4) is 5.75 Å². The molecule has 0 saturated carbocycles. The summed E-state index contributed by atoms with van der Waals surface area (Å²) >= 11 is 6.46. The van der Waals surface area contributed by atoms with Crippen molar-refractivity contribution in [2.45, 2.75) is 72.2 Å². The van der Waals surface area contributed by atoms with Gasteiger partial charge in [-0.1, -0.05) is 17.7 Å². The predicted molar refractivity (Wildman–Crippen MR) is 134 cm³/mol. The van der Waals surface area contributed by atoms with Crippen molar-refractivity contribution in [3.63, 3.8) is 0 Å². The van der Waals surface area contributed by atoms with Crippen LogP contribution in [0.4, 0.5) is 21.1 Å². The number of hydrogen-bond acceptors (Lipinski definition) is 6. The summed E-state index contributed by atoms with van der Waals surface area (Å²) in [4.78, 5) is 33.4. The molecule has 0 N–H and O–H groups in total. The van der Waals surface area contributed by atoms with Crippen LogP contribution in [0.1, 0.15) is 64.2 Å². The Morgan fingerprint density at radius 3 is 2.31 bits per heavy atom. The molecule has 0 aliphatic carbocycles. The number of benzene rings is 1. The minimum atomic E-state index is -0.711. The van der Waals surface area contributed by atoms with Crippen LogP contribution < -0.4 is 9.64 Å². The van der Waals surface area contributed by atoms with Gasteiger partial charge in [0, 0.05) is 25.2 Å². The van der Waals surface area contributed by atoms with E-state index in [1.165, 1.54) is 4.90 Å². The molecule has 1 aromatic carbocycles. The van der Waals surface area contributed by atoms with E-state index in [0.29, 0.717) is 40.9 Å². The average Bonchev–Trinajstić information content (AvgIpc) is 2.82. The number of halogens is 1. The van der Waals surface area contributed by atoms with Gasteiger partial charge in [0.2, 0.25) is 0 Å². The molecule has 0 radical (unpaired) electrons. The summed E-state index contributed by atoms with van der Waals surface area (Å²) in [5.74, 6) is 1.05. The lowest BCUT2D eigenvalue weighted by atomic mass is 9.90. The second kappa shape index (κ2) is 8.90. The molecule has 2 amide bonds. The van der Waals surface area contributed by atoms with E-state index in [0.717, 1.165) is 11.1 Å². The Kier molecular flexibility index (Phi) is 6.38. The summed E-state index contributed by atoms with van der Waals surface area (Å²) in [5, 5.41) is 0.459. The van der Waals surface area contributed by atoms with E-state index < -0.39 is 17.3 Å². The van der Waals surface area contributed by atoms with Gasteiger partial charge in [-0.3, -0.25) is 0 Å². The number of carbonyl (C=O) groups excluding carboxylic acids is 2. The predicted octanol–water partition coefficient (Wildman–Crippen LogP) is 6.34. The quantitative estimate of drug-likeness (QED) is 0.453. The summed E-state index contributed by atoms with van der Waals surface area (Å²) in [6, 6.07) is 5.63. The normalized spacial score (nSPS) is 15.9. The largest absolute Gasteiger partial charge is 0.486 e. The number of aromatic nitrogens is 1. The first kappa shape index (κ1) is 25.1. The number of carbonyl (C=O) groups is 2. The molecule has 0 spiro atoms. The molecule has 0 atom stereocenters. The highest BCUT2D eigenvalue weighted by atomic mass is 35.5. The first-order valence-corrected chi connectivity index (χ1v) is 12.0. The summed E-state index contributed by atoms with van der Waals surface area (Å²) < 4.78 is 17.4. The van der Waals surface area contributed by atoms with E-state index in [1.807, 2.05) is 60.6 Å². The highest BCUT2D eigenvalue weighted by molar-refractivity contribution is 6.31. The Hall–Kier alpha value is -3.00. The Balaban J connectivity index is 1.71. The van der Waals surface area contributed by atoms with E-state index >= 15 is 0 Å². The fourth-order valence-electron chi connectivity index (χ4n) is 4.07. The van der Waals surface area contributed by atoms with Crippen molar-refractivity contribution in [2.75, 3.05) is 18.0 Å². The van der Waals surface area contributed by atoms with Crippen molar-refractivity contribution in [1.82, 2.24) is 9.88 Å². The van der Waals surface area contributed by atoms with Crippen molar-refractivity contribution >= 4 is 35.3 Å². The lowest BCUT2D eigenvalue weighted by molar-refractivity contribution is 0.00818. The van der Waals surface area contributed by atoms with Crippen LogP contribution in [0, 0.1) is 6.92 Å². The Labute approximate surface area is 211 Å². The molecule has 1 aromatic heterocycles. The molecule has 3 heterocycles. The summed E-state index contributed by atoms with van der Waals surface area (Å²) in [7, 11) is 0. The molecule has 0 bridgehead atoms. The molecular weight excluding hydrogens is 470 g/mol. The first-order valence-electron chi connectivity index (χ1n) is 11.7. The zero-order valence-corrected chi connectivity index (χ0v) is 22.0. The standard InChI is InChI=1S/C26H32ClN3O5/c1-15-10-16(17-12-29(13-17)23(31)34-25(2,3)4)11-20-21(15)33-14-18-19(27)8-9-28-22(18)30(20)24(32)35-26(5,6)7/h8-11,17H,12-14H2,1-7H3. The average molecular weight is 502 g/mol. The lowest BCUT2D eigenvalue weighted by Gasteiger charge is -2.40. The molecule has 188 valence electrons. The maximum Gasteiger partial charge on any atom is 0.420 e. The minimum Gasteiger partial charge on any atom is -0.486 e. The fourth-order valence-corrected chi connectivity index (χ4v) is 4.27. The van der Waals surface area contributed by atoms with Gasteiger partial charge in [-0.2, -0.15) is 0 Å². The van der Waals surface area contributed by atoms with Gasteiger partial charge in [-0.05, 0) is 71.7 Å². The smallest absolute Gasteiger partial charge is 0.420 e. The third-order valence-corrected chi connectivity index (χ3v) is 6.00. The van der Waals surface area contributed by atoms with Crippen LogP contribution in [0.5, 0.6) is 5.75 Å². The number of rotatable bonds is 1. The van der Waals surface area contributed by atoms with Crippen molar-refractivity contribution in [2.24, 2.45) is 0 Å². The number of pyridine rings is 1. The number of nitrogens with zero attached hydrogens (tertiary/aromatic N) is 3. The Morgan fingerprint density at radius 1 is 1.06 bits per heavy atom. The Morgan fingerprint density at radius 2 is 1.69 bits per heavy atom. The third kappa shape index (κ3) is 5.32. The van der Waals surface area contributed by atoms with Crippen LogP contribution in [-0.4, -0.2) is 46.4 Å². The monoisotopic (exact) mass is 501 g/mol. The second-order valence-corrected chi connectivity index (χ2v) is 11.4. The molecule has 1 fully saturated rings. The highest BCUT2D eigenvalue weighted by Gasteiger charge is 2.38. The zero-order chi connectivity index (χ0) is 25.7. The van der Waals surface area contributed by atoms with Crippen molar-refractivity contribution in [3.05, 3.63) is 46.1 Å². The van der Waals surface area contributed by atoms with Crippen molar-refractivity contribution in [1.29, 1.82) is 0 Å². The van der Waals surface area contributed by atoms with Crippen LogP contribution in [0.25, 0.3) is 0 Å². The van der Waals surface area contributed by atoms with E-state index in [4.69, 9.17) is 25.8 Å².